The van der Waals surface area contributed by atoms with Gasteiger partial charge in [-0.15, -0.1) is 0 Å². The lowest BCUT2D eigenvalue weighted by Gasteiger charge is -2.39. The number of para-hydroxylation sites is 1. The van der Waals surface area contributed by atoms with Crippen molar-refractivity contribution in [3.63, 3.8) is 0 Å². The van der Waals surface area contributed by atoms with Gasteiger partial charge >= 0.3 is 5.97 Å². The predicted molar refractivity (Wildman–Crippen MR) is 141 cm³/mol. The summed E-state index contributed by atoms with van der Waals surface area (Å²) in [5.41, 5.74) is 0. The summed E-state index contributed by atoms with van der Waals surface area (Å²) in [6.45, 7) is 11.5. The number of rotatable bonds is 12. The molecule has 1 fully saturated rings. The van der Waals surface area contributed by atoms with Gasteiger partial charge in [-0.25, -0.2) is 0 Å². The van der Waals surface area contributed by atoms with Crippen LogP contribution in [-0.4, -0.2) is 55.7 Å². The highest BCUT2D eigenvalue weighted by atomic mass is 28.4. The molecule has 1 saturated carbocycles. The molecular weight excluding hydrogens is 476 g/mol. The van der Waals surface area contributed by atoms with Crippen molar-refractivity contribution in [1.82, 2.24) is 0 Å². The van der Waals surface area contributed by atoms with Crippen LogP contribution in [0.1, 0.15) is 46.5 Å². The molecule has 0 bridgehead atoms. The number of carboxylic acid groups (broad SMARTS) is 1. The van der Waals surface area contributed by atoms with Gasteiger partial charge in [0.1, 0.15) is 12.4 Å². The Balaban J connectivity index is 1.74. The van der Waals surface area contributed by atoms with Crippen molar-refractivity contribution in [1.29, 1.82) is 0 Å². The third-order valence-electron chi connectivity index (χ3n) is 7.65. The third kappa shape index (κ3) is 7.93. The molecule has 1 aliphatic carbocycles. The van der Waals surface area contributed by atoms with Crippen LogP contribution in [0.15, 0.2) is 54.8 Å². The maximum absolute atomic E-state index is 11.6. The van der Waals surface area contributed by atoms with Crippen molar-refractivity contribution in [2.45, 2.75) is 89.2 Å². The molecule has 0 aromatic heterocycles. The zero-order chi connectivity index (χ0) is 26.3. The Morgan fingerprint density at radius 3 is 2.50 bits per heavy atom. The lowest BCUT2D eigenvalue weighted by Crippen LogP contribution is -2.45. The second-order valence-electron chi connectivity index (χ2n) is 11.3. The van der Waals surface area contributed by atoms with Gasteiger partial charge in [0, 0.05) is 12.3 Å². The summed E-state index contributed by atoms with van der Waals surface area (Å²) in [5, 5.41) is 20.3. The molecule has 1 aromatic carbocycles. The highest BCUT2D eigenvalue weighted by molar-refractivity contribution is 6.74. The van der Waals surface area contributed by atoms with Crippen LogP contribution in [0.2, 0.25) is 18.1 Å². The van der Waals surface area contributed by atoms with E-state index in [4.69, 9.17) is 18.6 Å². The smallest absolute Gasteiger partial charge is 0.303 e. The summed E-state index contributed by atoms with van der Waals surface area (Å²) in [6.07, 6.45) is 6.88. The van der Waals surface area contributed by atoms with Gasteiger partial charge in [0.25, 0.3) is 0 Å². The number of carbonyl (C=O) groups is 1. The fourth-order valence-electron chi connectivity index (χ4n) is 4.67. The first-order valence-electron chi connectivity index (χ1n) is 12.9. The zero-order valence-corrected chi connectivity index (χ0v) is 23.1. The minimum Gasteiger partial charge on any atom is -0.491 e. The largest absolute Gasteiger partial charge is 0.491 e. The van der Waals surface area contributed by atoms with Gasteiger partial charge in [-0.05, 0) is 61.2 Å². The van der Waals surface area contributed by atoms with Crippen LogP contribution in [-0.2, 0) is 18.7 Å². The minimum absolute atomic E-state index is 0.0389. The molecule has 0 saturated heterocycles. The molecule has 2 aliphatic rings. The molecule has 8 heteroatoms. The molecule has 36 heavy (non-hydrogen) atoms. The summed E-state index contributed by atoms with van der Waals surface area (Å²) < 4.78 is 24.6. The minimum atomic E-state index is -2.08. The average molecular weight is 519 g/mol. The Hall–Kier alpha value is -2.13. The normalized spacial score (nSPS) is 27.0. The molecule has 7 nitrogen and oxygen atoms in total. The number of ether oxygens (including phenoxy) is 3. The summed E-state index contributed by atoms with van der Waals surface area (Å²) in [6, 6.07) is 9.68. The maximum Gasteiger partial charge on any atom is 0.303 e. The molecule has 6 atom stereocenters. The molecule has 2 unspecified atom stereocenters. The lowest BCUT2D eigenvalue weighted by atomic mass is 9.86. The van der Waals surface area contributed by atoms with E-state index in [1.54, 1.807) is 12.3 Å². The summed E-state index contributed by atoms with van der Waals surface area (Å²) in [7, 11) is -2.08. The molecule has 1 aromatic rings. The van der Waals surface area contributed by atoms with Gasteiger partial charge in [-0.2, -0.15) is 0 Å². The molecule has 2 N–H and O–H groups in total. The van der Waals surface area contributed by atoms with Gasteiger partial charge in [0.2, 0.25) is 6.29 Å². The maximum atomic E-state index is 11.6. The van der Waals surface area contributed by atoms with Gasteiger partial charge < -0.3 is 28.8 Å². The van der Waals surface area contributed by atoms with E-state index in [-0.39, 0.29) is 35.5 Å². The number of benzene rings is 1. The lowest BCUT2D eigenvalue weighted by molar-refractivity contribution is -0.140. The van der Waals surface area contributed by atoms with E-state index in [0.29, 0.717) is 25.9 Å². The van der Waals surface area contributed by atoms with E-state index >= 15 is 0 Å². The average Bonchev–Trinajstić information content (AvgIpc) is 3.09. The van der Waals surface area contributed by atoms with Crippen molar-refractivity contribution in [3.05, 3.63) is 54.8 Å². The number of aliphatic hydroxyl groups excluding tert-OH is 1. The Morgan fingerprint density at radius 1 is 1.17 bits per heavy atom. The van der Waals surface area contributed by atoms with Crippen molar-refractivity contribution >= 4 is 14.3 Å². The molecule has 1 aliphatic heterocycles. The molecule has 0 radical (unpaired) electrons. The molecule has 3 rings (SSSR count). The Bertz CT molecular complexity index is 893. The van der Waals surface area contributed by atoms with Gasteiger partial charge in [-0.1, -0.05) is 45.0 Å². The van der Waals surface area contributed by atoms with Gasteiger partial charge in [0.05, 0.1) is 31.0 Å². The van der Waals surface area contributed by atoms with Crippen molar-refractivity contribution in [2.75, 3.05) is 6.61 Å². The quantitative estimate of drug-likeness (QED) is 0.352. The number of carboxylic acids is 1. The Morgan fingerprint density at radius 2 is 1.89 bits per heavy atom. The number of hydrogen-bond donors (Lipinski definition) is 2. The van der Waals surface area contributed by atoms with E-state index in [2.05, 4.69) is 33.9 Å². The molecule has 1 heterocycles. The second kappa shape index (κ2) is 12.4. The van der Waals surface area contributed by atoms with Crippen molar-refractivity contribution < 1.29 is 33.6 Å². The summed E-state index contributed by atoms with van der Waals surface area (Å²) >= 11 is 0. The first kappa shape index (κ1) is 28.4. The fraction of sp³-hybridized carbons (Fsp3) is 0.607. The standard InChI is InChI=1S/C28H42O7Si/c1-28(2,3)36(4,5)35-21(19-33-20-11-7-6-8-12-20)14-15-22-23(17-26(30)31)24(29)18-25(22)34-27-13-9-10-16-32-27/h6-13,16,21-25,27,29H,14-15,17-19H2,1-5H3,(H,30,31)/t21?,22-,23?,24+,25-,27-/m1/s1. The third-order valence-corrected chi connectivity index (χ3v) is 12.2. The van der Waals surface area contributed by atoms with Gasteiger partial charge in [0.15, 0.2) is 8.32 Å². The van der Waals surface area contributed by atoms with Crippen LogP contribution in [0.25, 0.3) is 0 Å². The van der Waals surface area contributed by atoms with E-state index in [1.807, 2.05) is 42.5 Å². The predicted octanol–water partition coefficient (Wildman–Crippen LogP) is 5.52. The SMILES string of the molecule is CC(C)(C)[Si](C)(C)OC(CC[C@@H]1C(CC(=O)O)[C@@H](O)C[C@H]1O[C@@H]1C=CC=CO1)COc1ccccc1. The molecule has 0 amide bonds. The highest BCUT2D eigenvalue weighted by Gasteiger charge is 2.45. The monoisotopic (exact) mass is 518 g/mol. The van der Waals surface area contributed by atoms with E-state index < -0.39 is 26.7 Å². The fourth-order valence-corrected chi connectivity index (χ4v) is 6.04. The van der Waals surface area contributed by atoms with Crippen LogP contribution < -0.4 is 4.74 Å². The van der Waals surface area contributed by atoms with E-state index in [1.165, 1.54) is 0 Å². The van der Waals surface area contributed by atoms with E-state index in [9.17, 15) is 15.0 Å². The van der Waals surface area contributed by atoms with E-state index in [0.717, 1.165) is 5.75 Å². The number of aliphatic hydroxyl groups is 1. The number of allylic oxidation sites excluding steroid dienone is 2. The first-order valence-corrected chi connectivity index (χ1v) is 15.8. The topological polar surface area (TPSA) is 94.5 Å². The van der Waals surface area contributed by atoms with Gasteiger partial charge in [-0.3, -0.25) is 4.79 Å². The first-order chi connectivity index (χ1) is 17.0. The van der Waals surface area contributed by atoms with Crippen molar-refractivity contribution in [2.24, 2.45) is 11.8 Å². The number of aliphatic carboxylic acids is 1. The highest BCUT2D eigenvalue weighted by Crippen LogP contribution is 2.42. The van der Waals surface area contributed by atoms with Crippen LogP contribution in [0.4, 0.5) is 0 Å². The molecule has 0 spiro atoms. The van der Waals surface area contributed by atoms with Crippen LogP contribution >= 0.6 is 0 Å². The zero-order valence-electron chi connectivity index (χ0n) is 22.1. The summed E-state index contributed by atoms with van der Waals surface area (Å²) in [4.78, 5) is 11.6. The number of hydrogen-bond acceptors (Lipinski definition) is 6. The van der Waals surface area contributed by atoms with Crippen molar-refractivity contribution in [3.8, 4) is 5.75 Å². The summed E-state index contributed by atoms with van der Waals surface area (Å²) in [5.74, 6) is -0.653. The Kier molecular flexibility index (Phi) is 9.80. The molecular formula is C28H42O7Si. The second-order valence-corrected chi connectivity index (χ2v) is 16.1. The van der Waals surface area contributed by atoms with Crippen LogP contribution in [0.5, 0.6) is 5.75 Å². The molecule has 200 valence electrons. The Labute approximate surface area is 216 Å². The van der Waals surface area contributed by atoms with Crippen LogP contribution in [0, 0.1) is 11.8 Å². The van der Waals surface area contributed by atoms with Crippen LogP contribution in [0.3, 0.4) is 0 Å².